The number of hydrogen-bond donors (Lipinski definition) is 1. The maximum absolute atomic E-state index is 5.37. The molecule has 1 N–H and O–H groups in total. The van der Waals surface area contributed by atoms with Crippen LogP contribution in [0.5, 0.6) is 5.75 Å². The molecule has 0 bridgehead atoms. The number of nitrogens with one attached hydrogen (secondary N) is 1. The molecule has 0 aromatic heterocycles. The fraction of sp³-hybridized carbons (Fsp3) is 0.259. The van der Waals surface area contributed by atoms with Gasteiger partial charge >= 0.3 is 0 Å². The van der Waals surface area contributed by atoms with Crippen molar-refractivity contribution in [3.05, 3.63) is 101 Å². The minimum atomic E-state index is 0.690. The first-order valence-corrected chi connectivity index (χ1v) is 10.5. The van der Waals surface area contributed by atoms with Crippen molar-refractivity contribution < 1.29 is 9.47 Å². The van der Waals surface area contributed by atoms with E-state index in [4.69, 9.17) is 9.47 Å². The third-order valence-corrected chi connectivity index (χ3v) is 5.23. The molecule has 0 fully saturated rings. The zero-order valence-corrected chi connectivity index (χ0v) is 18.2. The average Bonchev–Trinajstić information content (AvgIpc) is 2.81. The van der Waals surface area contributed by atoms with Gasteiger partial charge in [-0.15, -0.1) is 0 Å². The van der Waals surface area contributed by atoms with Crippen molar-refractivity contribution in [1.82, 2.24) is 0 Å². The Bertz CT molecular complexity index is 929. The van der Waals surface area contributed by atoms with Crippen molar-refractivity contribution in [2.45, 2.75) is 19.8 Å². The molecule has 0 saturated heterocycles. The predicted molar refractivity (Wildman–Crippen MR) is 126 cm³/mol. The Morgan fingerprint density at radius 1 is 0.800 bits per heavy atom. The third-order valence-electron chi connectivity index (χ3n) is 5.23. The van der Waals surface area contributed by atoms with Crippen LogP contribution in [0.1, 0.15) is 30.0 Å². The largest absolute Gasteiger partial charge is 0.497 e. The molecule has 156 valence electrons. The van der Waals surface area contributed by atoms with Crippen LogP contribution in [-0.4, -0.2) is 27.4 Å². The van der Waals surface area contributed by atoms with Crippen LogP contribution in [0, 0.1) is 0 Å². The summed E-state index contributed by atoms with van der Waals surface area (Å²) < 4.78 is 10.5. The Morgan fingerprint density at radius 3 is 2.00 bits per heavy atom. The lowest BCUT2D eigenvalue weighted by molar-refractivity contribution is 0.211. The number of methoxy groups -OCH3 is 2. The molecule has 3 aromatic rings. The van der Waals surface area contributed by atoms with Gasteiger partial charge in [0, 0.05) is 19.3 Å². The monoisotopic (exact) mass is 401 g/mol. The normalized spacial score (nSPS) is 11.7. The van der Waals surface area contributed by atoms with E-state index in [2.05, 4.69) is 79.0 Å². The number of benzene rings is 3. The second kappa shape index (κ2) is 11.2. The smallest absolute Gasteiger partial charge is 0.118 e. The lowest BCUT2D eigenvalue weighted by Gasteiger charge is -2.17. The number of ether oxygens (including phenoxy) is 2. The van der Waals surface area contributed by atoms with Gasteiger partial charge in [-0.1, -0.05) is 67.1 Å². The van der Waals surface area contributed by atoms with Crippen LogP contribution in [0.3, 0.4) is 0 Å². The Labute approximate surface area is 180 Å². The number of anilines is 1. The molecule has 0 saturated carbocycles. The van der Waals surface area contributed by atoms with Crippen molar-refractivity contribution in [2.75, 3.05) is 32.7 Å². The van der Waals surface area contributed by atoms with Gasteiger partial charge < -0.3 is 14.8 Å². The van der Waals surface area contributed by atoms with Crippen LogP contribution in [0.15, 0.2) is 84.4 Å². The molecule has 0 spiro atoms. The Morgan fingerprint density at radius 2 is 1.43 bits per heavy atom. The topological polar surface area (TPSA) is 30.5 Å². The van der Waals surface area contributed by atoms with E-state index in [-0.39, 0.29) is 0 Å². The van der Waals surface area contributed by atoms with Crippen molar-refractivity contribution in [2.24, 2.45) is 0 Å². The highest BCUT2D eigenvalue weighted by Crippen LogP contribution is 2.32. The standard InChI is InChI=1S/C27H31NO2/c1-4-22(20-21-8-6-5-7-9-21)27(24-12-16-26(30-3)17-13-24)23-10-14-25(15-11-23)28-18-19-29-2/h5-17,28H,4,18-20H2,1-3H3/b27-22+. The Balaban J connectivity index is 1.99. The first-order chi connectivity index (χ1) is 14.7. The van der Waals surface area contributed by atoms with E-state index >= 15 is 0 Å². The molecule has 0 atom stereocenters. The predicted octanol–water partition coefficient (Wildman–Crippen LogP) is 6.21. The van der Waals surface area contributed by atoms with E-state index in [0.29, 0.717) is 6.61 Å². The Hall–Kier alpha value is -3.04. The zero-order chi connectivity index (χ0) is 21.2. The lowest BCUT2D eigenvalue weighted by atomic mass is 9.88. The van der Waals surface area contributed by atoms with Crippen LogP contribution in [-0.2, 0) is 11.2 Å². The van der Waals surface area contributed by atoms with Crippen molar-refractivity contribution >= 4 is 11.3 Å². The molecule has 0 aliphatic rings. The summed E-state index contributed by atoms with van der Waals surface area (Å²) in [6, 6.07) is 27.7. The highest BCUT2D eigenvalue weighted by Gasteiger charge is 2.12. The maximum Gasteiger partial charge on any atom is 0.118 e. The molecule has 3 aromatic carbocycles. The summed E-state index contributed by atoms with van der Waals surface area (Å²) in [5, 5.41) is 3.39. The summed E-state index contributed by atoms with van der Waals surface area (Å²) in [6.45, 7) is 3.73. The van der Waals surface area contributed by atoms with Crippen LogP contribution in [0.2, 0.25) is 0 Å². The van der Waals surface area contributed by atoms with Crippen molar-refractivity contribution in [1.29, 1.82) is 0 Å². The van der Waals surface area contributed by atoms with E-state index in [9.17, 15) is 0 Å². The van der Waals surface area contributed by atoms with E-state index < -0.39 is 0 Å². The highest BCUT2D eigenvalue weighted by atomic mass is 16.5. The van der Waals surface area contributed by atoms with Gasteiger partial charge in [0.1, 0.15) is 5.75 Å². The van der Waals surface area contributed by atoms with Gasteiger partial charge in [-0.3, -0.25) is 0 Å². The summed E-state index contributed by atoms with van der Waals surface area (Å²) in [7, 11) is 3.42. The molecule has 3 rings (SSSR count). The molecular weight excluding hydrogens is 370 g/mol. The average molecular weight is 402 g/mol. The van der Waals surface area contributed by atoms with Crippen molar-refractivity contribution in [3.8, 4) is 5.75 Å². The van der Waals surface area contributed by atoms with Crippen LogP contribution >= 0.6 is 0 Å². The third kappa shape index (κ3) is 5.74. The minimum Gasteiger partial charge on any atom is -0.497 e. The van der Waals surface area contributed by atoms with Gasteiger partial charge in [0.2, 0.25) is 0 Å². The lowest BCUT2D eigenvalue weighted by Crippen LogP contribution is -2.07. The van der Waals surface area contributed by atoms with Crippen LogP contribution in [0.25, 0.3) is 5.57 Å². The molecule has 0 aliphatic carbocycles. The Kier molecular flexibility index (Phi) is 8.10. The summed E-state index contributed by atoms with van der Waals surface area (Å²) in [6.07, 6.45) is 1.93. The number of allylic oxidation sites excluding steroid dienone is 1. The van der Waals surface area contributed by atoms with Crippen molar-refractivity contribution in [3.63, 3.8) is 0 Å². The van der Waals surface area contributed by atoms with Gasteiger partial charge in [-0.05, 0) is 59.4 Å². The first kappa shape index (κ1) is 21.7. The fourth-order valence-corrected chi connectivity index (χ4v) is 3.62. The molecule has 3 heteroatoms. The minimum absolute atomic E-state index is 0.690. The van der Waals surface area contributed by atoms with Gasteiger partial charge in [0.15, 0.2) is 0 Å². The summed E-state index contributed by atoms with van der Waals surface area (Å²) in [5.74, 6) is 0.872. The molecule has 0 aliphatic heterocycles. The van der Waals surface area contributed by atoms with Crippen LogP contribution < -0.4 is 10.1 Å². The van der Waals surface area contributed by atoms with Gasteiger partial charge in [0.25, 0.3) is 0 Å². The first-order valence-electron chi connectivity index (χ1n) is 10.5. The molecule has 0 unspecified atom stereocenters. The summed E-state index contributed by atoms with van der Waals surface area (Å²) in [4.78, 5) is 0. The molecule has 3 nitrogen and oxygen atoms in total. The summed E-state index contributed by atoms with van der Waals surface area (Å²) >= 11 is 0. The summed E-state index contributed by atoms with van der Waals surface area (Å²) in [5.41, 5.74) is 7.59. The second-order valence-corrected chi connectivity index (χ2v) is 7.22. The zero-order valence-electron chi connectivity index (χ0n) is 18.2. The van der Waals surface area contributed by atoms with E-state index in [1.54, 1.807) is 14.2 Å². The fourth-order valence-electron chi connectivity index (χ4n) is 3.62. The molecule has 30 heavy (non-hydrogen) atoms. The molecule has 0 heterocycles. The van der Waals surface area contributed by atoms with E-state index in [1.165, 1.54) is 27.8 Å². The molecule has 0 amide bonds. The van der Waals surface area contributed by atoms with Crippen LogP contribution in [0.4, 0.5) is 5.69 Å². The van der Waals surface area contributed by atoms with Gasteiger partial charge in [0.05, 0.1) is 13.7 Å². The highest BCUT2D eigenvalue weighted by molar-refractivity contribution is 5.83. The van der Waals surface area contributed by atoms with E-state index in [0.717, 1.165) is 30.8 Å². The maximum atomic E-state index is 5.37. The van der Waals surface area contributed by atoms with Gasteiger partial charge in [-0.25, -0.2) is 0 Å². The van der Waals surface area contributed by atoms with Gasteiger partial charge in [-0.2, -0.15) is 0 Å². The molecular formula is C27H31NO2. The SMILES string of the molecule is CC/C(Cc1ccccc1)=C(/c1ccc(NCCOC)cc1)c1ccc(OC)cc1. The number of rotatable bonds is 10. The number of hydrogen-bond acceptors (Lipinski definition) is 3. The second-order valence-electron chi connectivity index (χ2n) is 7.22. The van der Waals surface area contributed by atoms with E-state index in [1.807, 2.05) is 12.1 Å². The quantitative estimate of drug-likeness (QED) is 0.410. The molecule has 0 radical (unpaired) electrons.